The Morgan fingerprint density at radius 1 is 1.47 bits per heavy atom. The number of halogens is 3. The molecule has 2 N–H and O–H groups in total. The molecule has 1 rings (SSSR count). The number of carbonyl (C=O) groups excluding carboxylic acids is 1. The molecule has 2 atom stereocenters. The zero-order chi connectivity index (χ0) is 14.6. The second kappa shape index (κ2) is 6.23. The van der Waals surface area contributed by atoms with Crippen LogP contribution < -0.4 is 5.32 Å². The van der Waals surface area contributed by atoms with E-state index in [2.05, 4.69) is 0 Å². The molecule has 0 radical (unpaired) electrons. The number of piperidine rings is 1. The molecular weight excluding hydrogens is 265 g/mol. The minimum absolute atomic E-state index is 0.178. The van der Waals surface area contributed by atoms with Gasteiger partial charge in [0.05, 0.1) is 5.92 Å². The highest BCUT2D eigenvalue weighted by Gasteiger charge is 2.33. The van der Waals surface area contributed by atoms with Gasteiger partial charge in [0, 0.05) is 6.54 Å². The van der Waals surface area contributed by atoms with Crippen LogP contribution in [0.1, 0.15) is 19.8 Å². The van der Waals surface area contributed by atoms with Crippen molar-refractivity contribution in [1.82, 2.24) is 10.2 Å². The van der Waals surface area contributed by atoms with E-state index in [1.807, 2.05) is 5.32 Å². The van der Waals surface area contributed by atoms with Gasteiger partial charge in [0.1, 0.15) is 12.6 Å². The van der Waals surface area contributed by atoms with Gasteiger partial charge in [-0.05, 0) is 26.3 Å². The summed E-state index contributed by atoms with van der Waals surface area (Å²) in [5.74, 6) is -2.26. The number of hydrogen-bond acceptors (Lipinski definition) is 3. The molecule has 1 fully saturated rings. The van der Waals surface area contributed by atoms with Gasteiger partial charge in [-0.15, -0.1) is 0 Å². The summed E-state index contributed by atoms with van der Waals surface area (Å²) in [7, 11) is 0. The van der Waals surface area contributed by atoms with Crippen molar-refractivity contribution in [3.63, 3.8) is 0 Å². The Morgan fingerprint density at radius 2 is 2.11 bits per heavy atom. The lowest BCUT2D eigenvalue weighted by Crippen LogP contribution is -2.49. The summed E-state index contributed by atoms with van der Waals surface area (Å²) in [6, 6.07) is -0.738. The Kier molecular flexibility index (Phi) is 5.16. The lowest BCUT2D eigenvalue weighted by Gasteiger charge is -2.34. The number of alkyl halides is 3. The Bertz CT molecular complexity index is 347. The highest BCUT2D eigenvalue weighted by Crippen LogP contribution is 2.19. The van der Waals surface area contributed by atoms with Gasteiger partial charge in [-0.25, -0.2) is 0 Å². The van der Waals surface area contributed by atoms with Gasteiger partial charge in [0.2, 0.25) is 5.91 Å². The van der Waals surface area contributed by atoms with Crippen molar-refractivity contribution in [2.45, 2.75) is 32.0 Å². The fraction of sp³-hybridized carbons (Fsp3) is 0.818. The fourth-order valence-electron chi connectivity index (χ4n) is 2.06. The van der Waals surface area contributed by atoms with Crippen molar-refractivity contribution >= 4 is 11.9 Å². The maximum absolute atomic E-state index is 12.0. The third-order valence-electron chi connectivity index (χ3n) is 3.19. The van der Waals surface area contributed by atoms with E-state index in [4.69, 9.17) is 5.11 Å². The SMILES string of the molecule is CC(C(=O)O)N1CCCC(C(=O)NCC(F)(F)F)C1. The first-order valence-corrected chi connectivity index (χ1v) is 6.02. The van der Waals surface area contributed by atoms with Crippen molar-refractivity contribution in [2.75, 3.05) is 19.6 Å². The van der Waals surface area contributed by atoms with Gasteiger partial charge >= 0.3 is 12.1 Å². The highest BCUT2D eigenvalue weighted by molar-refractivity contribution is 5.79. The number of nitrogens with one attached hydrogen (secondary N) is 1. The highest BCUT2D eigenvalue weighted by atomic mass is 19.4. The van der Waals surface area contributed by atoms with Crippen LogP contribution in [0.2, 0.25) is 0 Å². The van der Waals surface area contributed by atoms with Gasteiger partial charge in [-0.1, -0.05) is 0 Å². The van der Waals surface area contributed by atoms with E-state index in [0.717, 1.165) is 0 Å². The predicted molar refractivity (Wildman–Crippen MR) is 60.5 cm³/mol. The molecule has 5 nitrogen and oxygen atoms in total. The van der Waals surface area contributed by atoms with Gasteiger partial charge in [0.25, 0.3) is 0 Å². The first-order valence-electron chi connectivity index (χ1n) is 6.02. The monoisotopic (exact) mass is 282 g/mol. The third kappa shape index (κ3) is 5.06. The van der Waals surface area contributed by atoms with Crippen molar-refractivity contribution < 1.29 is 27.9 Å². The summed E-state index contributed by atoms with van der Waals surface area (Å²) < 4.78 is 36.0. The minimum atomic E-state index is -4.43. The Labute approximate surface area is 108 Å². The molecule has 0 spiro atoms. The predicted octanol–water partition coefficient (Wildman–Crippen LogP) is 0.850. The molecule has 1 heterocycles. The summed E-state index contributed by atoms with van der Waals surface area (Å²) in [6.45, 7) is 0.864. The second-order valence-corrected chi connectivity index (χ2v) is 4.68. The zero-order valence-corrected chi connectivity index (χ0v) is 10.5. The Balaban J connectivity index is 2.50. The molecule has 0 aromatic heterocycles. The third-order valence-corrected chi connectivity index (χ3v) is 3.19. The van der Waals surface area contributed by atoms with Crippen LogP contribution >= 0.6 is 0 Å². The molecule has 1 aliphatic rings. The van der Waals surface area contributed by atoms with E-state index in [1.54, 1.807) is 4.90 Å². The summed E-state index contributed by atoms with van der Waals surface area (Å²) >= 11 is 0. The molecule has 19 heavy (non-hydrogen) atoms. The summed E-state index contributed by atoms with van der Waals surface area (Å²) in [6.07, 6.45) is -3.35. The first-order chi connectivity index (χ1) is 8.70. The quantitative estimate of drug-likeness (QED) is 0.802. The van der Waals surface area contributed by atoms with E-state index in [0.29, 0.717) is 19.4 Å². The van der Waals surface area contributed by atoms with Gasteiger partial charge < -0.3 is 10.4 Å². The molecule has 1 saturated heterocycles. The lowest BCUT2D eigenvalue weighted by molar-refractivity contribution is -0.146. The topological polar surface area (TPSA) is 69.6 Å². The fourth-order valence-corrected chi connectivity index (χ4v) is 2.06. The molecule has 8 heteroatoms. The second-order valence-electron chi connectivity index (χ2n) is 4.68. The number of carboxylic acid groups (broad SMARTS) is 1. The molecule has 0 aromatic rings. The molecule has 0 aromatic carbocycles. The molecule has 0 aliphatic carbocycles. The van der Waals surface area contributed by atoms with Crippen LogP contribution in [0.3, 0.4) is 0 Å². The van der Waals surface area contributed by atoms with Crippen molar-refractivity contribution in [3.05, 3.63) is 0 Å². The Hall–Kier alpha value is -1.31. The molecule has 110 valence electrons. The number of rotatable bonds is 4. The maximum Gasteiger partial charge on any atom is 0.405 e. The van der Waals surface area contributed by atoms with Crippen LogP contribution in [0.5, 0.6) is 0 Å². The van der Waals surface area contributed by atoms with Crippen LogP contribution in [0.4, 0.5) is 13.2 Å². The zero-order valence-electron chi connectivity index (χ0n) is 10.5. The van der Waals surface area contributed by atoms with Crippen LogP contribution in [-0.4, -0.2) is 53.7 Å². The van der Waals surface area contributed by atoms with E-state index < -0.39 is 36.6 Å². The van der Waals surface area contributed by atoms with Crippen LogP contribution in [-0.2, 0) is 9.59 Å². The number of nitrogens with zero attached hydrogens (tertiary/aromatic N) is 1. The van der Waals surface area contributed by atoms with E-state index in [1.165, 1.54) is 6.92 Å². The summed E-state index contributed by atoms with van der Waals surface area (Å²) in [5.41, 5.74) is 0. The number of aliphatic carboxylic acids is 1. The Morgan fingerprint density at radius 3 is 2.63 bits per heavy atom. The lowest BCUT2D eigenvalue weighted by atomic mass is 9.96. The molecule has 1 amide bonds. The number of carboxylic acids is 1. The van der Waals surface area contributed by atoms with E-state index in [9.17, 15) is 22.8 Å². The molecule has 0 bridgehead atoms. The molecular formula is C11H17F3N2O3. The average Bonchev–Trinajstić information content (AvgIpc) is 2.34. The molecule has 0 saturated carbocycles. The first kappa shape index (κ1) is 15.7. The van der Waals surface area contributed by atoms with Crippen LogP contribution in [0, 0.1) is 5.92 Å². The molecule has 1 aliphatic heterocycles. The van der Waals surface area contributed by atoms with E-state index in [-0.39, 0.29) is 6.54 Å². The van der Waals surface area contributed by atoms with E-state index >= 15 is 0 Å². The van der Waals surface area contributed by atoms with Crippen molar-refractivity contribution in [1.29, 1.82) is 0 Å². The van der Waals surface area contributed by atoms with Gasteiger partial charge in [-0.3, -0.25) is 14.5 Å². The number of hydrogen-bond donors (Lipinski definition) is 2. The van der Waals surface area contributed by atoms with Crippen molar-refractivity contribution in [3.8, 4) is 0 Å². The van der Waals surface area contributed by atoms with Gasteiger partial charge in [-0.2, -0.15) is 13.2 Å². The van der Waals surface area contributed by atoms with Crippen molar-refractivity contribution in [2.24, 2.45) is 5.92 Å². The smallest absolute Gasteiger partial charge is 0.405 e. The minimum Gasteiger partial charge on any atom is -0.480 e. The normalized spacial score (nSPS) is 22.8. The standard InChI is InChI=1S/C11H17F3N2O3/c1-7(10(18)19)16-4-2-3-8(5-16)9(17)15-6-11(12,13)14/h7-8H,2-6H2,1H3,(H,15,17)(H,18,19). The largest absolute Gasteiger partial charge is 0.480 e. The van der Waals surface area contributed by atoms with Crippen LogP contribution in [0.25, 0.3) is 0 Å². The number of likely N-dealkylation sites (tertiary alicyclic amines) is 1. The van der Waals surface area contributed by atoms with Crippen LogP contribution in [0.15, 0.2) is 0 Å². The summed E-state index contributed by atoms with van der Waals surface area (Å²) in [5, 5.41) is 10.7. The average molecular weight is 282 g/mol. The van der Waals surface area contributed by atoms with Gasteiger partial charge in [0.15, 0.2) is 0 Å². The number of carbonyl (C=O) groups is 2. The summed E-state index contributed by atoms with van der Waals surface area (Å²) in [4.78, 5) is 24.0. The maximum atomic E-state index is 12.0. The number of amides is 1. The molecule has 2 unspecified atom stereocenters.